The van der Waals surface area contributed by atoms with E-state index in [-0.39, 0.29) is 31.5 Å². The summed E-state index contributed by atoms with van der Waals surface area (Å²) in [5.41, 5.74) is 8.89. The van der Waals surface area contributed by atoms with Crippen molar-refractivity contribution in [1.29, 1.82) is 0 Å². The maximum absolute atomic E-state index is 14.3. The highest BCUT2D eigenvalue weighted by molar-refractivity contribution is 7.91. The maximum atomic E-state index is 14.3. The standard InChI is InChI=1S/C48H56N2O3S/c1-28-22-43(47(8,9)10)50(38-27-33(28)44(38)48(11,12)13)32-17-21-42-40(26-32)53-39-25-31(16-20-41(39)54(42,51)52)49-36-18-14-29(45(2,3)4)23-34(36)35-24-30(46(5,6)7)15-19-37(35)49/h14-28,33,44H,1-13H3/t28?,33?,44-/m1/s1. The number of anilines is 1. The Balaban J connectivity index is 1.27. The van der Waals surface area contributed by atoms with Gasteiger partial charge in [-0.2, -0.15) is 0 Å². The summed E-state index contributed by atoms with van der Waals surface area (Å²) < 4.78 is 37.6. The summed E-state index contributed by atoms with van der Waals surface area (Å²) in [6, 6.07) is 24.7. The molecule has 9 rings (SSSR count). The zero-order valence-corrected chi connectivity index (χ0v) is 35.2. The van der Waals surface area contributed by atoms with Gasteiger partial charge in [-0.1, -0.05) is 114 Å². The molecule has 1 aromatic heterocycles. The lowest BCUT2D eigenvalue weighted by molar-refractivity contribution is 0.167. The van der Waals surface area contributed by atoms with E-state index < -0.39 is 9.84 Å². The Hall–Kier alpha value is -4.29. The fourth-order valence-corrected chi connectivity index (χ4v) is 10.4. The normalized spacial score (nSPS) is 21.1. The molecule has 0 saturated carbocycles. The molecule has 3 aliphatic heterocycles. The average Bonchev–Trinajstić information content (AvgIpc) is 3.17. The van der Waals surface area contributed by atoms with Gasteiger partial charge in [-0.05, 0) is 87.7 Å². The second kappa shape index (κ2) is 11.6. The predicted molar refractivity (Wildman–Crippen MR) is 224 cm³/mol. The lowest BCUT2D eigenvalue weighted by atomic mass is 9.61. The molecule has 5 aromatic rings. The highest BCUT2D eigenvalue weighted by atomic mass is 32.2. The molecular weight excluding hydrogens is 685 g/mol. The fourth-order valence-electron chi connectivity index (χ4n) is 8.96. The first-order valence-corrected chi connectivity index (χ1v) is 21.0. The smallest absolute Gasteiger partial charge is 0.213 e. The van der Waals surface area contributed by atoms with Crippen LogP contribution in [0.15, 0.2) is 106 Å². The van der Waals surface area contributed by atoms with Crippen LogP contribution in [0, 0.1) is 28.6 Å². The van der Waals surface area contributed by atoms with Crippen molar-refractivity contribution < 1.29 is 13.2 Å². The molecule has 5 nitrogen and oxygen atoms in total. The fraction of sp³-hybridized carbons (Fsp3) is 0.417. The van der Waals surface area contributed by atoms with Crippen LogP contribution in [-0.4, -0.2) is 13.0 Å². The molecule has 0 spiro atoms. The summed E-state index contributed by atoms with van der Waals surface area (Å²) >= 11 is 0. The SMILES string of the molecule is CC1C=C(C(C)(C)C)N(c2ccc3c(c2)Oc2cc(-n4c5ccc(C(C)(C)C)cc5c5cc(C(C)(C)C)ccc54)ccc2S3(=O)=O)C2=CC1[C@H]2C(C)(C)C. The predicted octanol–water partition coefficient (Wildman–Crippen LogP) is 12.9. The van der Waals surface area contributed by atoms with E-state index in [1.54, 1.807) is 12.1 Å². The number of nitrogens with zero attached hydrogens (tertiary/aromatic N) is 2. The summed E-state index contributed by atoms with van der Waals surface area (Å²) in [5.74, 6) is 1.92. The van der Waals surface area contributed by atoms with Gasteiger partial charge in [0.05, 0.1) is 11.0 Å². The first kappa shape index (κ1) is 36.7. The first-order chi connectivity index (χ1) is 25.0. The lowest BCUT2D eigenvalue weighted by Gasteiger charge is -2.49. The Morgan fingerprint density at radius 1 is 0.593 bits per heavy atom. The minimum atomic E-state index is -3.84. The third kappa shape index (κ3) is 5.65. The lowest BCUT2D eigenvalue weighted by Crippen LogP contribution is -2.44. The zero-order valence-electron chi connectivity index (χ0n) is 34.3. The van der Waals surface area contributed by atoms with E-state index in [0.29, 0.717) is 29.3 Å². The van der Waals surface area contributed by atoms with Gasteiger partial charge >= 0.3 is 0 Å². The number of allylic oxidation sites excluding steroid dienone is 4. The Bertz CT molecular complexity index is 2490. The summed E-state index contributed by atoms with van der Waals surface area (Å²) in [6.07, 6.45) is 4.86. The summed E-state index contributed by atoms with van der Waals surface area (Å²) in [7, 11) is -3.84. The van der Waals surface area contributed by atoms with E-state index >= 15 is 0 Å². The molecule has 4 aliphatic rings. The second-order valence-corrected chi connectivity index (χ2v) is 22.1. The van der Waals surface area contributed by atoms with Crippen molar-refractivity contribution in [3.8, 4) is 17.2 Å². The quantitative estimate of drug-likeness (QED) is 0.177. The molecule has 1 aliphatic carbocycles. The molecule has 2 unspecified atom stereocenters. The van der Waals surface area contributed by atoms with Gasteiger partial charge in [-0.3, -0.25) is 0 Å². The zero-order chi connectivity index (χ0) is 39.1. The van der Waals surface area contributed by atoms with Crippen LogP contribution in [0.1, 0.15) is 101 Å². The van der Waals surface area contributed by atoms with Gasteiger partial charge in [0.15, 0.2) is 0 Å². The Morgan fingerprint density at radius 3 is 1.57 bits per heavy atom. The van der Waals surface area contributed by atoms with Gasteiger partial charge < -0.3 is 14.2 Å². The Labute approximate surface area is 322 Å². The maximum Gasteiger partial charge on any atom is 0.213 e. The number of sulfone groups is 1. The van der Waals surface area contributed by atoms with Gasteiger partial charge in [0.2, 0.25) is 9.84 Å². The van der Waals surface area contributed by atoms with Crippen LogP contribution in [0.5, 0.6) is 11.5 Å². The molecule has 2 bridgehead atoms. The van der Waals surface area contributed by atoms with E-state index in [9.17, 15) is 8.42 Å². The number of ether oxygens (including phenoxy) is 1. The monoisotopic (exact) mass is 740 g/mol. The van der Waals surface area contributed by atoms with Gasteiger partial charge in [0, 0.05) is 57.0 Å². The molecule has 0 amide bonds. The van der Waals surface area contributed by atoms with Gasteiger partial charge in [0.1, 0.15) is 21.3 Å². The first-order valence-electron chi connectivity index (χ1n) is 19.5. The molecule has 4 heterocycles. The number of benzene rings is 4. The van der Waals surface area contributed by atoms with Crippen LogP contribution < -0.4 is 9.64 Å². The number of hydrogen-bond donors (Lipinski definition) is 0. The number of hydrogen-bond acceptors (Lipinski definition) is 4. The third-order valence-corrected chi connectivity index (χ3v) is 13.8. The Kier molecular flexibility index (Phi) is 7.89. The van der Waals surface area contributed by atoms with Crippen molar-refractivity contribution in [3.05, 3.63) is 107 Å². The molecular formula is C48H56N2O3S. The van der Waals surface area contributed by atoms with E-state index in [1.165, 1.54) is 33.3 Å². The van der Waals surface area contributed by atoms with Crippen LogP contribution in [0.3, 0.4) is 0 Å². The van der Waals surface area contributed by atoms with Crippen molar-refractivity contribution in [2.24, 2.45) is 28.6 Å². The molecule has 0 radical (unpaired) electrons. The number of rotatable bonds is 2. The molecule has 6 heteroatoms. The van der Waals surface area contributed by atoms with Crippen molar-refractivity contribution in [2.45, 2.75) is 111 Å². The van der Waals surface area contributed by atoms with Crippen LogP contribution in [-0.2, 0) is 20.7 Å². The highest BCUT2D eigenvalue weighted by Gasteiger charge is 2.49. The van der Waals surface area contributed by atoms with Crippen molar-refractivity contribution in [3.63, 3.8) is 0 Å². The number of fused-ring (bicyclic) bond motifs is 7. The summed E-state index contributed by atoms with van der Waals surface area (Å²) in [4.78, 5) is 2.77. The summed E-state index contributed by atoms with van der Waals surface area (Å²) in [5, 5.41) is 2.36. The molecule has 54 heavy (non-hydrogen) atoms. The van der Waals surface area contributed by atoms with E-state index in [0.717, 1.165) is 22.4 Å². The largest absolute Gasteiger partial charge is 0.454 e. The Morgan fingerprint density at radius 2 is 1.09 bits per heavy atom. The molecule has 4 aromatic carbocycles. The van der Waals surface area contributed by atoms with Crippen LogP contribution in [0.25, 0.3) is 27.5 Å². The van der Waals surface area contributed by atoms with Crippen LogP contribution in [0.4, 0.5) is 5.69 Å². The third-order valence-electron chi connectivity index (χ3n) is 12.0. The minimum Gasteiger partial charge on any atom is -0.454 e. The highest BCUT2D eigenvalue weighted by Crippen LogP contribution is 2.57. The second-order valence-electron chi connectivity index (χ2n) is 20.2. The summed E-state index contributed by atoms with van der Waals surface area (Å²) in [6.45, 7) is 29.5. The molecule has 3 atom stereocenters. The van der Waals surface area contributed by atoms with Crippen molar-refractivity contribution in [2.75, 3.05) is 4.90 Å². The van der Waals surface area contributed by atoms with Crippen molar-refractivity contribution in [1.82, 2.24) is 4.57 Å². The van der Waals surface area contributed by atoms with Gasteiger partial charge in [-0.15, -0.1) is 0 Å². The molecule has 0 fully saturated rings. The van der Waals surface area contributed by atoms with E-state index in [4.69, 9.17) is 4.74 Å². The van der Waals surface area contributed by atoms with Gasteiger partial charge in [-0.25, -0.2) is 8.42 Å². The van der Waals surface area contributed by atoms with E-state index in [2.05, 4.69) is 148 Å². The van der Waals surface area contributed by atoms with E-state index in [1.807, 2.05) is 24.3 Å². The van der Waals surface area contributed by atoms with Crippen molar-refractivity contribution >= 4 is 37.3 Å². The van der Waals surface area contributed by atoms with Crippen LogP contribution in [0.2, 0.25) is 0 Å². The molecule has 0 saturated heterocycles. The number of aromatic nitrogens is 1. The average molecular weight is 741 g/mol. The topological polar surface area (TPSA) is 51.5 Å². The molecule has 0 N–H and O–H groups in total. The molecule has 282 valence electrons. The minimum absolute atomic E-state index is 0.00986. The van der Waals surface area contributed by atoms with Gasteiger partial charge in [0.25, 0.3) is 0 Å². The van der Waals surface area contributed by atoms with Crippen LogP contribution >= 0.6 is 0 Å².